The lowest BCUT2D eigenvalue weighted by Gasteiger charge is -2.08. The highest BCUT2D eigenvalue weighted by molar-refractivity contribution is 9.10. The van der Waals surface area contributed by atoms with E-state index in [-0.39, 0.29) is 11.7 Å². The van der Waals surface area contributed by atoms with E-state index in [0.717, 1.165) is 15.6 Å². The van der Waals surface area contributed by atoms with Crippen molar-refractivity contribution < 1.29 is 9.21 Å². The number of amides is 1. The number of nitrogens with two attached hydrogens (primary N) is 1. The highest BCUT2D eigenvalue weighted by Gasteiger charge is 2.15. The molecule has 1 amide bonds. The van der Waals surface area contributed by atoms with Crippen molar-refractivity contribution in [2.45, 2.75) is 6.92 Å². The summed E-state index contributed by atoms with van der Waals surface area (Å²) in [5, 5.41) is 3.34. The van der Waals surface area contributed by atoms with Gasteiger partial charge in [0.1, 0.15) is 5.76 Å². The van der Waals surface area contributed by atoms with Crippen LogP contribution in [0.25, 0.3) is 11.3 Å². The van der Waals surface area contributed by atoms with Gasteiger partial charge in [-0.2, -0.15) is 0 Å². The average Bonchev–Trinajstić information content (AvgIpc) is 3.01. The van der Waals surface area contributed by atoms with Crippen LogP contribution >= 0.6 is 27.5 Å². The summed E-state index contributed by atoms with van der Waals surface area (Å²) in [5.41, 5.74) is 8.66. The van der Waals surface area contributed by atoms with Crippen molar-refractivity contribution in [2.75, 3.05) is 11.1 Å². The fourth-order valence-electron chi connectivity index (χ4n) is 2.27. The lowest BCUT2D eigenvalue weighted by atomic mass is 10.1. The van der Waals surface area contributed by atoms with Crippen LogP contribution in [0.3, 0.4) is 0 Å². The highest BCUT2D eigenvalue weighted by Crippen LogP contribution is 2.32. The summed E-state index contributed by atoms with van der Waals surface area (Å²) in [7, 11) is 0. The standard InChI is InChI=1S/C18H14BrClN2O2/c1-10-14(21)3-2-4-15(10)22-18(23)17-8-7-16(24-17)12-6-5-11(19)9-13(12)20/h2-9H,21H2,1H3,(H,22,23). The monoisotopic (exact) mass is 404 g/mol. The van der Waals surface area contributed by atoms with Crippen LogP contribution in [-0.4, -0.2) is 5.91 Å². The van der Waals surface area contributed by atoms with Gasteiger partial charge in [-0.3, -0.25) is 4.79 Å². The molecule has 3 aromatic rings. The van der Waals surface area contributed by atoms with E-state index in [9.17, 15) is 4.79 Å². The number of hydrogen-bond acceptors (Lipinski definition) is 3. The number of rotatable bonds is 3. The van der Waals surface area contributed by atoms with E-state index in [1.807, 2.05) is 19.1 Å². The second kappa shape index (κ2) is 6.71. The Morgan fingerprint density at radius 2 is 2.00 bits per heavy atom. The summed E-state index contributed by atoms with van der Waals surface area (Å²) in [4.78, 5) is 12.4. The molecule has 1 heterocycles. The number of benzene rings is 2. The van der Waals surface area contributed by atoms with Crippen LogP contribution in [0, 0.1) is 6.92 Å². The van der Waals surface area contributed by atoms with Gasteiger partial charge in [-0.05, 0) is 55.0 Å². The Hall–Kier alpha value is -2.24. The highest BCUT2D eigenvalue weighted by atomic mass is 79.9. The number of furan rings is 1. The van der Waals surface area contributed by atoms with Gasteiger partial charge in [0, 0.05) is 21.4 Å². The minimum atomic E-state index is -0.344. The van der Waals surface area contributed by atoms with E-state index >= 15 is 0 Å². The summed E-state index contributed by atoms with van der Waals surface area (Å²) in [6.45, 7) is 1.85. The molecule has 122 valence electrons. The summed E-state index contributed by atoms with van der Waals surface area (Å²) < 4.78 is 6.52. The Morgan fingerprint density at radius 1 is 1.21 bits per heavy atom. The quantitative estimate of drug-likeness (QED) is 0.565. The van der Waals surface area contributed by atoms with Crippen LogP contribution in [0.2, 0.25) is 5.02 Å². The maximum Gasteiger partial charge on any atom is 0.291 e. The molecule has 0 saturated carbocycles. The van der Waals surface area contributed by atoms with Crippen LogP contribution in [0.1, 0.15) is 16.1 Å². The molecule has 24 heavy (non-hydrogen) atoms. The van der Waals surface area contributed by atoms with Crippen molar-refractivity contribution >= 4 is 44.8 Å². The molecule has 0 atom stereocenters. The molecule has 0 radical (unpaired) electrons. The molecule has 0 spiro atoms. The van der Waals surface area contributed by atoms with Crippen molar-refractivity contribution in [1.29, 1.82) is 0 Å². The van der Waals surface area contributed by atoms with Crippen LogP contribution < -0.4 is 11.1 Å². The van der Waals surface area contributed by atoms with Gasteiger partial charge < -0.3 is 15.5 Å². The van der Waals surface area contributed by atoms with Crippen LogP contribution in [0.4, 0.5) is 11.4 Å². The lowest BCUT2D eigenvalue weighted by Crippen LogP contribution is -2.12. The van der Waals surface area contributed by atoms with Gasteiger partial charge in [-0.1, -0.05) is 33.6 Å². The van der Waals surface area contributed by atoms with E-state index in [4.69, 9.17) is 21.8 Å². The number of halogens is 2. The molecule has 0 aliphatic carbocycles. The van der Waals surface area contributed by atoms with Crippen molar-refractivity contribution in [3.8, 4) is 11.3 Å². The molecule has 0 aliphatic heterocycles. The predicted octanol–water partition coefficient (Wildman–Crippen LogP) is 5.51. The number of carbonyl (C=O) groups excluding carboxylic acids is 1. The molecular weight excluding hydrogens is 392 g/mol. The van der Waals surface area contributed by atoms with Crippen molar-refractivity contribution in [3.63, 3.8) is 0 Å². The first-order valence-corrected chi connectivity index (χ1v) is 8.34. The van der Waals surface area contributed by atoms with Crippen LogP contribution in [0.15, 0.2) is 57.4 Å². The van der Waals surface area contributed by atoms with Gasteiger partial charge in [0.15, 0.2) is 5.76 Å². The number of nitrogen functional groups attached to an aromatic ring is 1. The van der Waals surface area contributed by atoms with Crippen LogP contribution in [-0.2, 0) is 0 Å². The first-order valence-electron chi connectivity index (χ1n) is 7.17. The van der Waals surface area contributed by atoms with E-state index in [2.05, 4.69) is 21.2 Å². The van der Waals surface area contributed by atoms with Crippen molar-refractivity contribution in [3.05, 3.63) is 69.3 Å². The van der Waals surface area contributed by atoms with Gasteiger partial charge in [0.2, 0.25) is 0 Å². The molecule has 3 rings (SSSR count). The number of hydrogen-bond donors (Lipinski definition) is 2. The SMILES string of the molecule is Cc1c(N)cccc1NC(=O)c1ccc(-c2ccc(Br)cc2Cl)o1. The Morgan fingerprint density at radius 3 is 2.75 bits per heavy atom. The normalized spacial score (nSPS) is 10.6. The first kappa shape index (κ1) is 16.6. The molecule has 0 fully saturated rings. The van der Waals surface area contributed by atoms with Gasteiger partial charge >= 0.3 is 0 Å². The topological polar surface area (TPSA) is 68.3 Å². The summed E-state index contributed by atoms with van der Waals surface area (Å²) in [6.07, 6.45) is 0. The van der Waals surface area contributed by atoms with Crippen molar-refractivity contribution in [1.82, 2.24) is 0 Å². The Kier molecular flexibility index (Phi) is 4.64. The molecule has 4 nitrogen and oxygen atoms in total. The Labute approximate surface area is 152 Å². The predicted molar refractivity (Wildman–Crippen MR) is 100 cm³/mol. The number of carbonyl (C=O) groups is 1. The van der Waals surface area contributed by atoms with Gasteiger partial charge in [-0.25, -0.2) is 0 Å². The minimum absolute atomic E-state index is 0.200. The Bertz CT molecular complexity index is 921. The molecule has 0 bridgehead atoms. The molecule has 0 saturated heterocycles. The Balaban J connectivity index is 1.85. The fraction of sp³-hybridized carbons (Fsp3) is 0.0556. The molecule has 6 heteroatoms. The summed E-state index contributed by atoms with van der Waals surface area (Å²) >= 11 is 9.57. The largest absolute Gasteiger partial charge is 0.451 e. The zero-order valence-electron chi connectivity index (χ0n) is 12.8. The fourth-order valence-corrected chi connectivity index (χ4v) is 3.03. The third kappa shape index (κ3) is 3.32. The lowest BCUT2D eigenvalue weighted by molar-refractivity contribution is 0.0997. The zero-order chi connectivity index (χ0) is 17.3. The van der Waals surface area contributed by atoms with E-state index < -0.39 is 0 Å². The number of anilines is 2. The maximum absolute atomic E-state index is 12.4. The first-order chi connectivity index (χ1) is 11.5. The molecular formula is C18H14BrClN2O2. The second-order valence-corrected chi connectivity index (χ2v) is 6.58. The summed E-state index contributed by atoms with van der Waals surface area (Å²) in [5.74, 6) is 0.385. The van der Waals surface area contributed by atoms with Crippen molar-refractivity contribution in [2.24, 2.45) is 0 Å². The molecule has 2 aromatic carbocycles. The number of nitrogens with one attached hydrogen (secondary N) is 1. The second-order valence-electron chi connectivity index (χ2n) is 5.26. The minimum Gasteiger partial charge on any atom is -0.451 e. The average molecular weight is 406 g/mol. The third-order valence-corrected chi connectivity index (χ3v) is 4.46. The molecule has 3 N–H and O–H groups in total. The third-order valence-electron chi connectivity index (χ3n) is 3.65. The molecule has 1 aromatic heterocycles. The van der Waals surface area contributed by atoms with Gasteiger partial charge in [-0.15, -0.1) is 0 Å². The zero-order valence-corrected chi connectivity index (χ0v) is 15.1. The van der Waals surface area contributed by atoms with E-state index in [1.165, 1.54) is 0 Å². The molecule has 0 aliphatic rings. The summed E-state index contributed by atoms with van der Waals surface area (Å²) in [6, 6.07) is 14.2. The van der Waals surface area contributed by atoms with Gasteiger partial charge in [0.05, 0.1) is 5.02 Å². The van der Waals surface area contributed by atoms with E-state index in [1.54, 1.807) is 36.4 Å². The van der Waals surface area contributed by atoms with Gasteiger partial charge in [0.25, 0.3) is 5.91 Å². The maximum atomic E-state index is 12.4. The van der Waals surface area contributed by atoms with Crippen LogP contribution in [0.5, 0.6) is 0 Å². The smallest absolute Gasteiger partial charge is 0.291 e. The van der Waals surface area contributed by atoms with E-state index in [0.29, 0.717) is 22.2 Å². The molecule has 0 unspecified atom stereocenters.